The lowest BCUT2D eigenvalue weighted by atomic mass is 10.1. The van der Waals surface area contributed by atoms with E-state index in [1.165, 1.54) is 6.33 Å². The molecule has 1 heterocycles. The van der Waals surface area contributed by atoms with E-state index in [0.717, 1.165) is 16.5 Å². The minimum absolute atomic E-state index is 0.320. The molecule has 3 N–H and O–H groups in total. The van der Waals surface area contributed by atoms with Gasteiger partial charge in [-0.25, -0.2) is 9.97 Å². The minimum atomic E-state index is 0.320. The maximum atomic E-state index is 8.89. The molecule has 0 bridgehead atoms. The highest BCUT2D eigenvalue weighted by molar-refractivity contribution is 5.96. The second-order valence-electron chi connectivity index (χ2n) is 5.91. The SMILES string of the molecule is N#CCCN(CCC#N)c1ncnc(Nc2cccc3ccccc23)c1N. The van der Waals surface area contributed by atoms with Crippen LogP contribution in [0.2, 0.25) is 0 Å². The fourth-order valence-corrected chi connectivity index (χ4v) is 2.89. The van der Waals surface area contributed by atoms with Crippen LogP contribution in [-0.2, 0) is 0 Å². The average molecular weight is 357 g/mol. The standard InChI is InChI=1S/C20H19N7/c21-10-4-12-27(13-5-11-22)20-18(23)19(24-14-25-20)26-17-9-3-7-15-6-1-2-8-16(15)17/h1-3,6-9,14H,4-5,12-13,23H2,(H,24,25,26). The van der Waals surface area contributed by atoms with Crippen LogP contribution in [0.1, 0.15) is 12.8 Å². The number of hydrogen-bond acceptors (Lipinski definition) is 7. The normalized spacial score (nSPS) is 10.1. The van der Waals surface area contributed by atoms with Crippen LogP contribution in [0.3, 0.4) is 0 Å². The Kier molecular flexibility index (Phi) is 5.66. The summed E-state index contributed by atoms with van der Waals surface area (Å²) in [6, 6.07) is 18.2. The minimum Gasteiger partial charge on any atom is -0.393 e. The lowest BCUT2D eigenvalue weighted by Gasteiger charge is -2.23. The van der Waals surface area contributed by atoms with Crippen molar-refractivity contribution >= 4 is 33.8 Å². The van der Waals surface area contributed by atoms with Gasteiger partial charge in [0.2, 0.25) is 0 Å². The van der Waals surface area contributed by atoms with Crippen LogP contribution in [0.15, 0.2) is 48.8 Å². The van der Waals surface area contributed by atoms with E-state index < -0.39 is 0 Å². The first-order valence-electron chi connectivity index (χ1n) is 8.58. The van der Waals surface area contributed by atoms with E-state index in [4.69, 9.17) is 16.3 Å². The number of nitrogens with one attached hydrogen (secondary N) is 1. The van der Waals surface area contributed by atoms with Gasteiger partial charge in [0, 0.05) is 24.2 Å². The average Bonchev–Trinajstić information content (AvgIpc) is 2.70. The number of aromatic nitrogens is 2. The van der Waals surface area contributed by atoms with Gasteiger partial charge in [0.25, 0.3) is 0 Å². The van der Waals surface area contributed by atoms with Gasteiger partial charge < -0.3 is 16.0 Å². The van der Waals surface area contributed by atoms with E-state index in [2.05, 4.69) is 27.4 Å². The summed E-state index contributed by atoms with van der Waals surface area (Å²) in [4.78, 5) is 10.4. The highest BCUT2D eigenvalue weighted by Crippen LogP contribution is 2.31. The van der Waals surface area contributed by atoms with E-state index in [9.17, 15) is 0 Å². The van der Waals surface area contributed by atoms with Gasteiger partial charge in [0.05, 0.1) is 25.0 Å². The summed E-state index contributed by atoms with van der Waals surface area (Å²) < 4.78 is 0. The zero-order valence-corrected chi connectivity index (χ0v) is 14.8. The number of benzene rings is 2. The van der Waals surface area contributed by atoms with Crippen molar-refractivity contribution in [3.63, 3.8) is 0 Å². The molecule has 0 saturated heterocycles. The van der Waals surface area contributed by atoms with Crippen molar-refractivity contribution in [1.29, 1.82) is 10.5 Å². The zero-order valence-electron chi connectivity index (χ0n) is 14.8. The summed E-state index contributed by atoms with van der Waals surface area (Å²) in [5.41, 5.74) is 7.61. The van der Waals surface area contributed by atoms with Gasteiger partial charge in [-0.2, -0.15) is 10.5 Å². The van der Waals surface area contributed by atoms with Crippen molar-refractivity contribution < 1.29 is 0 Å². The molecule has 2 aromatic carbocycles. The number of rotatable bonds is 7. The monoisotopic (exact) mass is 357 g/mol. The Bertz CT molecular complexity index is 993. The van der Waals surface area contributed by atoms with Gasteiger partial charge in [-0.15, -0.1) is 0 Å². The van der Waals surface area contributed by atoms with E-state index in [-0.39, 0.29) is 0 Å². The van der Waals surface area contributed by atoms with Crippen LogP contribution in [0.5, 0.6) is 0 Å². The molecule has 0 aliphatic heterocycles. The molecule has 0 spiro atoms. The molecule has 0 fully saturated rings. The number of nitriles is 2. The van der Waals surface area contributed by atoms with Crippen molar-refractivity contribution in [2.45, 2.75) is 12.8 Å². The lowest BCUT2D eigenvalue weighted by molar-refractivity contribution is 0.782. The smallest absolute Gasteiger partial charge is 0.159 e. The Balaban J connectivity index is 1.94. The second-order valence-corrected chi connectivity index (χ2v) is 5.91. The second kappa shape index (κ2) is 8.50. The Morgan fingerprint density at radius 3 is 2.41 bits per heavy atom. The van der Waals surface area contributed by atoms with Crippen LogP contribution in [-0.4, -0.2) is 23.1 Å². The molecule has 7 heteroatoms. The summed E-state index contributed by atoms with van der Waals surface area (Å²) in [6.07, 6.45) is 2.08. The van der Waals surface area contributed by atoms with Gasteiger partial charge in [-0.05, 0) is 11.5 Å². The predicted octanol–water partition coefficient (Wildman–Crippen LogP) is 3.59. The Morgan fingerprint density at radius 1 is 0.963 bits per heavy atom. The topological polar surface area (TPSA) is 115 Å². The number of nitrogens with two attached hydrogens (primary N) is 1. The molecule has 3 aromatic rings. The molecule has 134 valence electrons. The van der Waals surface area contributed by atoms with E-state index >= 15 is 0 Å². The lowest BCUT2D eigenvalue weighted by Crippen LogP contribution is -2.27. The highest BCUT2D eigenvalue weighted by Gasteiger charge is 2.15. The third-order valence-corrected chi connectivity index (χ3v) is 4.19. The number of nitrogen functional groups attached to an aromatic ring is 1. The fourth-order valence-electron chi connectivity index (χ4n) is 2.89. The molecule has 0 atom stereocenters. The molecule has 0 radical (unpaired) electrons. The number of hydrogen-bond donors (Lipinski definition) is 2. The summed E-state index contributed by atoms with van der Waals surface area (Å²) in [5, 5.41) is 23.2. The van der Waals surface area contributed by atoms with E-state index in [1.54, 1.807) is 0 Å². The Hall–Kier alpha value is -3.84. The molecule has 27 heavy (non-hydrogen) atoms. The molecular weight excluding hydrogens is 338 g/mol. The Morgan fingerprint density at radius 2 is 1.67 bits per heavy atom. The van der Waals surface area contributed by atoms with Gasteiger partial charge in [-0.3, -0.25) is 0 Å². The molecule has 0 aliphatic carbocycles. The molecule has 0 aliphatic rings. The van der Waals surface area contributed by atoms with Crippen LogP contribution in [0.25, 0.3) is 10.8 Å². The summed E-state index contributed by atoms with van der Waals surface area (Å²) >= 11 is 0. The quantitative estimate of drug-likeness (QED) is 0.664. The van der Waals surface area contributed by atoms with Gasteiger partial charge in [0.1, 0.15) is 12.0 Å². The van der Waals surface area contributed by atoms with Gasteiger partial charge in [-0.1, -0.05) is 36.4 Å². The molecule has 0 saturated carbocycles. The van der Waals surface area contributed by atoms with Crippen molar-refractivity contribution in [3.8, 4) is 12.1 Å². The fraction of sp³-hybridized carbons (Fsp3) is 0.200. The predicted molar refractivity (Wildman–Crippen MR) is 106 cm³/mol. The summed E-state index contributed by atoms with van der Waals surface area (Å²) in [6.45, 7) is 0.903. The van der Waals surface area contributed by atoms with Crippen LogP contribution < -0.4 is 16.0 Å². The number of fused-ring (bicyclic) bond motifs is 1. The van der Waals surface area contributed by atoms with Crippen LogP contribution in [0, 0.1) is 22.7 Å². The molecule has 0 amide bonds. The molecule has 7 nitrogen and oxygen atoms in total. The molecule has 0 unspecified atom stereocenters. The van der Waals surface area contributed by atoms with Gasteiger partial charge >= 0.3 is 0 Å². The van der Waals surface area contributed by atoms with E-state index in [1.807, 2.05) is 47.4 Å². The molecule has 3 rings (SSSR count). The van der Waals surface area contributed by atoms with Crippen molar-refractivity contribution in [3.05, 3.63) is 48.8 Å². The first-order valence-corrected chi connectivity index (χ1v) is 8.58. The first-order chi connectivity index (χ1) is 13.2. The number of nitrogens with zero attached hydrogens (tertiary/aromatic N) is 5. The summed E-state index contributed by atoms with van der Waals surface area (Å²) in [5.74, 6) is 1.02. The van der Waals surface area contributed by atoms with Crippen molar-refractivity contribution in [1.82, 2.24) is 9.97 Å². The molecular formula is C20H19N7. The van der Waals surface area contributed by atoms with Crippen LogP contribution >= 0.6 is 0 Å². The summed E-state index contributed by atoms with van der Waals surface area (Å²) in [7, 11) is 0. The molecule has 1 aromatic heterocycles. The van der Waals surface area contributed by atoms with Crippen LogP contribution in [0.4, 0.5) is 23.0 Å². The third kappa shape index (κ3) is 4.05. The largest absolute Gasteiger partial charge is 0.393 e. The highest BCUT2D eigenvalue weighted by atomic mass is 15.2. The van der Waals surface area contributed by atoms with Crippen molar-refractivity contribution in [2.24, 2.45) is 0 Å². The van der Waals surface area contributed by atoms with Crippen molar-refractivity contribution in [2.75, 3.05) is 29.0 Å². The number of anilines is 4. The first kappa shape index (κ1) is 18.0. The third-order valence-electron chi connectivity index (χ3n) is 4.19. The zero-order chi connectivity index (χ0) is 19.1. The van der Waals surface area contributed by atoms with Gasteiger partial charge in [0.15, 0.2) is 11.6 Å². The Labute approximate surface area is 157 Å². The van der Waals surface area contributed by atoms with E-state index in [0.29, 0.717) is 43.3 Å². The maximum absolute atomic E-state index is 8.89. The maximum Gasteiger partial charge on any atom is 0.159 e.